The number of benzene rings is 1. The van der Waals surface area contributed by atoms with Crippen LogP contribution < -0.4 is 5.73 Å². The molecule has 0 saturated heterocycles. The van der Waals surface area contributed by atoms with Gasteiger partial charge in [-0.2, -0.15) is 4.98 Å². The monoisotopic (exact) mass is 252 g/mol. The lowest BCUT2D eigenvalue weighted by atomic mass is 10.1. The van der Waals surface area contributed by atoms with Crippen molar-refractivity contribution in [2.45, 2.75) is 6.92 Å². The van der Waals surface area contributed by atoms with Crippen molar-refractivity contribution in [2.24, 2.45) is 0 Å². The maximum atomic E-state index is 5.73. The minimum Gasteiger partial charge on any atom is -0.399 e. The highest BCUT2D eigenvalue weighted by molar-refractivity contribution is 5.64. The lowest BCUT2D eigenvalue weighted by Gasteiger charge is -2.01. The summed E-state index contributed by atoms with van der Waals surface area (Å²) in [5, 5.41) is 3.95. The predicted octanol–water partition coefficient (Wildman–Crippen LogP) is 2.69. The molecule has 2 N–H and O–H groups in total. The molecule has 94 valence electrons. The van der Waals surface area contributed by atoms with E-state index in [0.717, 1.165) is 11.1 Å². The highest BCUT2D eigenvalue weighted by Crippen LogP contribution is 2.25. The summed E-state index contributed by atoms with van der Waals surface area (Å²) in [5.41, 5.74) is 9.00. The summed E-state index contributed by atoms with van der Waals surface area (Å²) in [7, 11) is 0. The Morgan fingerprint density at radius 2 is 2.05 bits per heavy atom. The first-order chi connectivity index (χ1) is 9.24. The maximum absolute atomic E-state index is 5.73. The van der Waals surface area contributed by atoms with Crippen molar-refractivity contribution in [1.29, 1.82) is 0 Å². The fourth-order valence-corrected chi connectivity index (χ4v) is 1.86. The van der Waals surface area contributed by atoms with Gasteiger partial charge in [0.15, 0.2) is 0 Å². The van der Waals surface area contributed by atoms with E-state index in [1.807, 2.05) is 43.3 Å². The summed E-state index contributed by atoms with van der Waals surface area (Å²) in [6.07, 6.45) is 1.69. The molecule has 5 nitrogen and oxygen atoms in total. The van der Waals surface area contributed by atoms with E-state index in [1.54, 1.807) is 6.20 Å². The van der Waals surface area contributed by atoms with Crippen LogP contribution in [0, 0.1) is 6.92 Å². The second-order valence-corrected chi connectivity index (χ2v) is 4.21. The molecule has 0 aliphatic rings. The second-order valence-electron chi connectivity index (χ2n) is 4.21. The molecule has 2 heterocycles. The van der Waals surface area contributed by atoms with E-state index in [9.17, 15) is 0 Å². The Bertz CT molecular complexity index is 706. The van der Waals surface area contributed by atoms with Gasteiger partial charge in [-0.15, -0.1) is 0 Å². The predicted molar refractivity (Wildman–Crippen MR) is 72.1 cm³/mol. The van der Waals surface area contributed by atoms with Crippen LogP contribution in [-0.4, -0.2) is 15.1 Å². The van der Waals surface area contributed by atoms with E-state index in [2.05, 4.69) is 15.1 Å². The number of hydrogen-bond acceptors (Lipinski definition) is 5. The molecule has 0 aliphatic carbocycles. The quantitative estimate of drug-likeness (QED) is 0.709. The van der Waals surface area contributed by atoms with E-state index in [1.165, 1.54) is 0 Å². The van der Waals surface area contributed by atoms with Crippen molar-refractivity contribution in [1.82, 2.24) is 15.1 Å². The molecule has 19 heavy (non-hydrogen) atoms. The first-order valence-corrected chi connectivity index (χ1v) is 5.85. The fourth-order valence-electron chi connectivity index (χ4n) is 1.86. The van der Waals surface area contributed by atoms with Gasteiger partial charge >= 0.3 is 0 Å². The molecule has 0 amide bonds. The second kappa shape index (κ2) is 4.53. The Morgan fingerprint density at radius 3 is 2.79 bits per heavy atom. The van der Waals surface area contributed by atoms with Crippen LogP contribution in [0.4, 0.5) is 5.69 Å². The summed E-state index contributed by atoms with van der Waals surface area (Å²) >= 11 is 0. The molecule has 0 atom stereocenters. The van der Waals surface area contributed by atoms with Crippen LogP contribution in [0.3, 0.4) is 0 Å². The topological polar surface area (TPSA) is 77.8 Å². The molecular formula is C14H12N4O. The van der Waals surface area contributed by atoms with Crippen LogP contribution in [0.25, 0.3) is 23.0 Å². The third kappa shape index (κ3) is 2.18. The molecule has 5 heteroatoms. The molecule has 0 aliphatic heterocycles. The van der Waals surface area contributed by atoms with Crippen LogP contribution in [0.1, 0.15) is 5.56 Å². The minimum atomic E-state index is 0.471. The van der Waals surface area contributed by atoms with Crippen molar-refractivity contribution in [3.8, 4) is 23.0 Å². The standard InChI is InChI=1S/C14H12N4O/c1-9-8-10(15)5-6-11(9)14-17-13(18-19-14)12-4-2-3-7-16-12/h2-8H,15H2,1H3. The number of aromatic nitrogens is 3. The van der Waals surface area contributed by atoms with Gasteiger partial charge < -0.3 is 10.3 Å². The Balaban J connectivity index is 2.02. The zero-order valence-electron chi connectivity index (χ0n) is 10.4. The molecule has 0 bridgehead atoms. The van der Waals surface area contributed by atoms with Crippen molar-refractivity contribution in [3.63, 3.8) is 0 Å². The van der Waals surface area contributed by atoms with Crippen LogP contribution in [0.15, 0.2) is 47.1 Å². The van der Waals surface area contributed by atoms with Gasteiger partial charge in [-0.3, -0.25) is 4.98 Å². The zero-order valence-corrected chi connectivity index (χ0v) is 10.4. The number of nitrogen functional groups attached to an aromatic ring is 1. The average molecular weight is 252 g/mol. The van der Waals surface area contributed by atoms with Gasteiger partial charge in [-0.25, -0.2) is 0 Å². The molecule has 1 aromatic carbocycles. The van der Waals surface area contributed by atoms with Gasteiger partial charge in [0.1, 0.15) is 5.69 Å². The van der Waals surface area contributed by atoms with Gasteiger partial charge in [0, 0.05) is 17.4 Å². The summed E-state index contributed by atoms with van der Waals surface area (Å²) in [4.78, 5) is 8.55. The smallest absolute Gasteiger partial charge is 0.258 e. The van der Waals surface area contributed by atoms with Crippen LogP contribution in [-0.2, 0) is 0 Å². The molecule has 3 rings (SSSR count). The Morgan fingerprint density at radius 1 is 1.16 bits per heavy atom. The average Bonchev–Trinajstić information content (AvgIpc) is 2.89. The van der Waals surface area contributed by atoms with E-state index in [4.69, 9.17) is 10.3 Å². The van der Waals surface area contributed by atoms with Gasteiger partial charge in [-0.1, -0.05) is 11.2 Å². The molecule has 0 fully saturated rings. The van der Waals surface area contributed by atoms with Crippen LogP contribution in [0.2, 0.25) is 0 Å². The highest BCUT2D eigenvalue weighted by Gasteiger charge is 2.12. The Labute approximate surface area is 110 Å². The molecular weight excluding hydrogens is 240 g/mol. The lowest BCUT2D eigenvalue weighted by molar-refractivity contribution is 0.432. The third-order valence-corrected chi connectivity index (χ3v) is 2.80. The first-order valence-electron chi connectivity index (χ1n) is 5.85. The van der Waals surface area contributed by atoms with Gasteiger partial charge in [0.05, 0.1) is 0 Å². The Kier molecular flexibility index (Phi) is 2.72. The number of pyridine rings is 1. The van der Waals surface area contributed by atoms with Crippen molar-refractivity contribution < 1.29 is 4.52 Å². The van der Waals surface area contributed by atoms with Crippen molar-refractivity contribution >= 4 is 5.69 Å². The van der Waals surface area contributed by atoms with E-state index in [0.29, 0.717) is 23.1 Å². The number of hydrogen-bond donors (Lipinski definition) is 1. The largest absolute Gasteiger partial charge is 0.399 e. The maximum Gasteiger partial charge on any atom is 0.258 e. The number of rotatable bonds is 2. The molecule has 2 aromatic heterocycles. The number of anilines is 1. The molecule has 0 spiro atoms. The minimum absolute atomic E-state index is 0.471. The lowest BCUT2D eigenvalue weighted by Crippen LogP contribution is -1.89. The van der Waals surface area contributed by atoms with Crippen molar-refractivity contribution in [3.05, 3.63) is 48.2 Å². The normalized spacial score (nSPS) is 10.6. The van der Waals surface area contributed by atoms with E-state index in [-0.39, 0.29) is 0 Å². The highest BCUT2D eigenvalue weighted by atomic mass is 16.5. The van der Waals surface area contributed by atoms with Crippen LogP contribution in [0.5, 0.6) is 0 Å². The van der Waals surface area contributed by atoms with Gasteiger partial charge in [0.25, 0.3) is 5.89 Å². The number of nitrogens with zero attached hydrogens (tertiary/aromatic N) is 3. The summed E-state index contributed by atoms with van der Waals surface area (Å²) in [5.74, 6) is 0.949. The third-order valence-electron chi connectivity index (χ3n) is 2.80. The zero-order chi connectivity index (χ0) is 13.2. The molecule has 0 unspecified atom stereocenters. The molecule has 0 radical (unpaired) electrons. The number of aryl methyl sites for hydroxylation is 1. The van der Waals surface area contributed by atoms with Gasteiger partial charge in [-0.05, 0) is 42.8 Å². The van der Waals surface area contributed by atoms with E-state index < -0.39 is 0 Å². The summed E-state index contributed by atoms with van der Waals surface area (Å²) in [6, 6.07) is 11.1. The Hall–Kier alpha value is -2.69. The van der Waals surface area contributed by atoms with Crippen LogP contribution >= 0.6 is 0 Å². The molecule has 0 saturated carbocycles. The fraction of sp³-hybridized carbons (Fsp3) is 0.0714. The summed E-state index contributed by atoms with van der Waals surface area (Å²) < 4.78 is 5.28. The summed E-state index contributed by atoms with van der Waals surface area (Å²) in [6.45, 7) is 1.95. The van der Waals surface area contributed by atoms with Crippen molar-refractivity contribution in [2.75, 3.05) is 5.73 Å². The molecule has 3 aromatic rings. The van der Waals surface area contributed by atoms with E-state index >= 15 is 0 Å². The van der Waals surface area contributed by atoms with Gasteiger partial charge in [0.2, 0.25) is 5.82 Å². The SMILES string of the molecule is Cc1cc(N)ccc1-c1nc(-c2ccccn2)no1. The number of nitrogens with two attached hydrogens (primary N) is 1. The first kappa shape index (κ1) is 11.4.